The van der Waals surface area contributed by atoms with E-state index in [1.165, 1.54) is 0 Å². The minimum absolute atomic E-state index is 0.882. The molecule has 4 nitrogen and oxygen atoms in total. The number of rotatable bonds is 4. The summed E-state index contributed by atoms with van der Waals surface area (Å²) < 4.78 is 7.37. The summed E-state index contributed by atoms with van der Waals surface area (Å²) in [6, 6.07) is 0. The van der Waals surface area contributed by atoms with Crippen molar-refractivity contribution in [3.63, 3.8) is 0 Å². The van der Waals surface area contributed by atoms with Crippen LogP contribution in [0.3, 0.4) is 0 Å². The van der Waals surface area contributed by atoms with E-state index >= 15 is 0 Å². The predicted molar refractivity (Wildman–Crippen MR) is 61.2 cm³/mol. The van der Waals surface area contributed by atoms with Gasteiger partial charge in [0.2, 0.25) is 0 Å². The van der Waals surface area contributed by atoms with Crippen molar-refractivity contribution in [3.8, 4) is 0 Å². The summed E-state index contributed by atoms with van der Waals surface area (Å²) in [6.07, 6.45) is 3.83. The molecule has 84 valence electrons. The van der Waals surface area contributed by atoms with Crippen molar-refractivity contribution in [1.29, 1.82) is 0 Å². The molecule has 0 unspecified atom stereocenters. The standard InChI is InChI=1S/C10H17N3OS/c1-12-3-2-11-10(12)15-9-6-13-4-7-14-8-5-13/h2-3H,4-9H2,1H3. The first kappa shape index (κ1) is 11.0. The van der Waals surface area contributed by atoms with Gasteiger partial charge < -0.3 is 9.30 Å². The third-order valence-corrected chi connectivity index (χ3v) is 3.56. The molecule has 1 aromatic rings. The Labute approximate surface area is 94.6 Å². The van der Waals surface area contributed by atoms with Gasteiger partial charge in [0.15, 0.2) is 5.16 Å². The van der Waals surface area contributed by atoms with Crippen LogP contribution in [0.2, 0.25) is 0 Å². The monoisotopic (exact) mass is 227 g/mol. The Morgan fingerprint density at radius 3 is 2.93 bits per heavy atom. The van der Waals surface area contributed by atoms with Crippen molar-refractivity contribution in [3.05, 3.63) is 12.4 Å². The molecule has 0 amide bonds. The zero-order valence-electron chi connectivity index (χ0n) is 9.06. The Morgan fingerprint density at radius 2 is 2.27 bits per heavy atom. The van der Waals surface area contributed by atoms with Gasteiger partial charge in [0.1, 0.15) is 0 Å². The molecule has 0 saturated carbocycles. The number of hydrogen-bond acceptors (Lipinski definition) is 4. The molecular formula is C10H17N3OS. The summed E-state index contributed by atoms with van der Waals surface area (Å²) in [5, 5.41) is 1.10. The fourth-order valence-electron chi connectivity index (χ4n) is 1.58. The van der Waals surface area contributed by atoms with Gasteiger partial charge in [-0.3, -0.25) is 4.90 Å². The van der Waals surface area contributed by atoms with Gasteiger partial charge in [0, 0.05) is 44.8 Å². The Kier molecular flexibility index (Phi) is 4.05. The van der Waals surface area contributed by atoms with E-state index < -0.39 is 0 Å². The number of aromatic nitrogens is 2. The average Bonchev–Trinajstić information content (AvgIpc) is 2.66. The maximum absolute atomic E-state index is 5.31. The summed E-state index contributed by atoms with van der Waals surface area (Å²) in [6.45, 7) is 5.03. The van der Waals surface area contributed by atoms with E-state index in [9.17, 15) is 0 Å². The van der Waals surface area contributed by atoms with Crippen molar-refractivity contribution in [2.75, 3.05) is 38.6 Å². The fourth-order valence-corrected chi connectivity index (χ4v) is 2.51. The van der Waals surface area contributed by atoms with E-state index in [0.717, 1.165) is 43.8 Å². The molecule has 1 aromatic heterocycles. The lowest BCUT2D eigenvalue weighted by molar-refractivity contribution is 0.0410. The Morgan fingerprint density at radius 1 is 1.47 bits per heavy atom. The first-order valence-electron chi connectivity index (χ1n) is 5.26. The summed E-state index contributed by atoms with van der Waals surface area (Å²) in [5.41, 5.74) is 0. The minimum Gasteiger partial charge on any atom is -0.379 e. The van der Waals surface area contributed by atoms with Crippen LogP contribution < -0.4 is 0 Å². The molecule has 0 atom stereocenters. The van der Waals surface area contributed by atoms with Gasteiger partial charge in [0.05, 0.1) is 13.2 Å². The van der Waals surface area contributed by atoms with Crippen molar-refractivity contribution in [2.45, 2.75) is 5.16 Å². The van der Waals surface area contributed by atoms with Crippen LogP contribution in [-0.2, 0) is 11.8 Å². The Balaban J connectivity index is 1.68. The van der Waals surface area contributed by atoms with Gasteiger partial charge in [-0.25, -0.2) is 4.98 Å². The maximum Gasteiger partial charge on any atom is 0.167 e. The number of hydrogen-bond donors (Lipinski definition) is 0. The van der Waals surface area contributed by atoms with Gasteiger partial charge in [-0.2, -0.15) is 0 Å². The van der Waals surface area contributed by atoms with Gasteiger partial charge in [-0.1, -0.05) is 11.8 Å². The average molecular weight is 227 g/mol. The van der Waals surface area contributed by atoms with E-state index in [1.807, 2.05) is 31.2 Å². The van der Waals surface area contributed by atoms with Crippen LogP contribution in [0.1, 0.15) is 0 Å². The third-order valence-electron chi connectivity index (χ3n) is 2.52. The number of ether oxygens (including phenoxy) is 1. The molecule has 0 aromatic carbocycles. The summed E-state index contributed by atoms with van der Waals surface area (Å²) >= 11 is 1.82. The smallest absolute Gasteiger partial charge is 0.167 e. The number of aryl methyl sites for hydroxylation is 1. The fraction of sp³-hybridized carbons (Fsp3) is 0.700. The van der Waals surface area contributed by atoms with Crippen molar-refractivity contribution < 1.29 is 4.74 Å². The molecule has 0 spiro atoms. The van der Waals surface area contributed by atoms with Crippen LogP contribution in [-0.4, -0.2) is 53.1 Å². The van der Waals surface area contributed by atoms with Crippen LogP contribution in [0.15, 0.2) is 17.6 Å². The SMILES string of the molecule is Cn1ccnc1SCCN1CCOCC1. The highest BCUT2D eigenvalue weighted by Crippen LogP contribution is 2.14. The van der Waals surface area contributed by atoms with Gasteiger partial charge in [-0.15, -0.1) is 0 Å². The highest BCUT2D eigenvalue weighted by Gasteiger charge is 2.10. The van der Waals surface area contributed by atoms with Crippen LogP contribution in [0.4, 0.5) is 0 Å². The van der Waals surface area contributed by atoms with Gasteiger partial charge in [0.25, 0.3) is 0 Å². The zero-order chi connectivity index (χ0) is 10.5. The Hall–Kier alpha value is -0.520. The highest BCUT2D eigenvalue weighted by molar-refractivity contribution is 7.99. The normalized spacial score (nSPS) is 18.2. The molecule has 0 N–H and O–H groups in total. The van der Waals surface area contributed by atoms with Crippen LogP contribution >= 0.6 is 11.8 Å². The molecule has 2 rings (SSSR count). The molecule has 1 fully saturated rings. The van der Waals surface area contributed by atoms with Crippen molar-refractivity contribution >= 4 is 11.8 Å². The van der Waals surface area contributed by atoms with E-state index in [1.54, 1.807) is 0 Å². The molecule has 0 radical (unpaired) electrons. The van der Waals surface area contributed by atoms with Crippen LogP contribution in [0.5, 0.6) is 0 Å². The maximum atomic E-state index is 5.31. The number of nitrogens with zero attached hydrogens (tertiary/aromatic N) is 3. The summed E-state index contributed by atoms with van der Waals surface area (Å²) in [4.78, 5) is 6.73. The first-order chi connectivity index (χ1) is 7.36. The second kappa shape index (κ2) is 5.53. The zero-order valence-corrected chi connectivity index (χ0v) is 9.87. The van der Waals surface area contributed by atoms with Crippen molar-refractivity contribution in [2.24, 2.45) is 7.05 Å². The van der Waals surface area contributed by atoms with E-state index in [4.69, 9.17) is 4.74 Å². The Bertz CT molecular complexity index is 297. The lowest BCUT2D eigenvalue weighted by Gasteiger charge is -2.26. The van der Waals surface area contributed by atoms with Crippen molar-refractivity contribution in [1.82, 2.24) is 14.5 Å². The molecule has 5 heteroatoms. The molecule has 2 heterocycles. The molecule has 1 aliphatic rings. The topological polar surface area (TPSA) is 30.3 Å². The predicted octanol–water partition coefficient (Wildman–Crippen LogP) is 0.844. The molecular weight excluding hydrogens is 210 g/mol. The second-order valence-electron chi connectivity index (χ2n) is 3.62. The second-order valence-corrected chi connectivity index (χ2v) is 4.69. The largest absolute Gasteiger partial charge is 0.379 e. The molecule has 1 saturated heterocycles. The lowest BCUT2D eigenvalue weighted by Crippen LogP contribution is -2.37. The van der Waals surface area contributed by atoms with Crippen LogP contribution in [0.25, 0.3) is 0 Å². The van der Waals surface area contributed by atoms with Gasteiger partial charge >= 0.3 is 0 Å². The molecule has 0 bridgehead atoms. The van der Waals surface area contributed by atoms with E-state index in [-0.39, 0.29) is 0 Å². The van der Waals surface area contributed by atoms with Crippen LogP contribution in [0, 0.1) is 0 Å². The highest BCUT2D eigenvalue weighted by atomic mass is 32.2. The third kappa shape index (κ3) is 3.22. The number of morpholine rings is 1. The molecule has 0 aliphatic carbocycles. The summed E-state index contributed by atoms with van der Waals surface area (Å²) in [5.74, 6) is 1.10. The number of imidazole rings is 1. The van der Waals surface area contributed by atoms with E-state index in [2.05, 4.69) is 14.5 Å². The lowest BCUT2D eigenvalue weighted by atomic mass is 10.4. The minimum atomic E-state index is 0.882. The van der Waals surface area contributed by atoms with E-state index in [0.29, 0.717) is 0 Å². The molecule has 15 heavy (non-hydrogen) atoms. The molecule has 1 aliphatic heterocycles. The number of thioether (sulfide) groups is 1. The first-order valence-corrected chi connectivity index (χ1v) is 6.25. The van der Waals surface area contributed by atoms with Gasteiger partial charge in [-0.05, 0) is 0 Å². The quantitative estimate of drug-likeness (QED) is 0.713. The summed E-state index contributed by atoms with van der Waals surface area (Å²) in [7, 11) is 2.03.